The smallest absolute Gasteiger partial charge is 0.351 e. The first kappa shape index (κ1) is 22.7. The lowest BCUT2D eigenvalue weighted by Crippen LogP contribution is -2.56. The summed E-state index contributed by atoms with van der Waals surface area (Å²) in [6, 6.07) is 4.14. The van der Waals surface area contributed by atoms with Gasteiger partial charge in [0.25, 0.3) is 0 Å². The summed E-state index contributed by atoms with van der Waals surface area (Å²) in [5.41, 5.74) is 0.802. The fourth-order valence-electron chi connectivity index (χ4n) is 6.64. The molecule has 0 bridgehead atoms. The van der Waals surface area contributed by atoms with Gasteiger partial charge in [0.2, 0.25) is 12.4 Å². The number of benzene rings is 1. The highest BCUT2D eigenvalue weighted by atomic mass is 16.7. The Balaban J connectivity index is 1.39. The van der Waals surface area contributed by atoms with Gasteiger partial charge in [-0.15, -0.1) is 0 Å². The maximum atomic E-state index is 13.6. The summed E-state index contributed by atoms with van der Waals surface area (Å²) in [6.07, 6.45) is 5.78. The fourth-order valence-corrected chi connectivity index (χ4v) is 6.64. The van der Waals surface area contributed by atoms with Crippen LogP contribution in [0.2, 0.25) is 0 Å². The molecule has 35 heavy (non-hydrogen) atoms. The lowest BCUT2D eigenvalue weighted by atomic mass is 9.77. The van der Waals surface area contributed by atoms with Crippen molar-refractivity contribution < 1.29 is 33.3 Å². The summed E-state index contributed by atoms with van der Waals surface area (Å²) in [4.78, 5) is 28.0. The first-order valence-corrected chi connectivity index (χ1v) is 12.7. The highest BCUT2D eigenvalue weighted by Gasteiger charge is 2.60. The van der Waals surface area contributed by atoms with E-state index < -0.39 is 17.7 Å². The lowest BCUT2D eigenvalue weighted by molar-refractivity contribution is -0.212. The molecule has 2 saturated heterocycles. The Hall–Kier alpha value is -2.74. The minimum atomic E-state index is -1.20. The Morgan fingerprint density at radius 2 is 2.00 bits per heavy atom. The standard InChI is InChI=1S/C27H33NO7/c1-16(2)5-8-27(14-22(29)35-27)25(30)34-24-21(31-3)13-26-7-4-9-28(26)10-6-17-11-19-20(33-15-32-19)12-18(17)23(24)26/h11-13,16,23-24H,4-10,14-15H2,1-3H3/t23?,24?,26?,27-/m0/s1. The van der Waals surface area contributed by atoms with Gasteiger partial charge in [-0.2, -0.15) is 0 Å². The van der Waals surface area contributed by atoms with Gasteiger partial charge in [-0.25, -0.2) is 4.79 Å². The minimum absolute atomic E-state index is 0.0640. The van der Waals surface area contributed by atoms with Crippen molar-refractivity contribution in [1.29, 1.82) is 0 Å². The van der Waals surface area contributed by atoms with Gasteiger partial charge < -0.3 is 23.7 Å². The molecule has 0 amide bonds. The molecule has 8 heteroatoms. The molecule has 4 aliphatic heterocycles. The van der Waals surface area contributed by atoms with Crippen LogP contribution in [0.5, 0.6) is 11.5 Å². The van der Waals surface area contributed by atoms with Crippen LogP contribution in [-0.4, -0.2) is 61.1 Å². The van der Waals surface area contributed by atoms with Crippen LogP contribution >= 0.6 is 0 Å². The van der Waals surface area contributed by atoms with Gasteiger partial charge in [0, 0.05) is 6.54 Å². The average molecular weight is 484 g/mol. The molecule has 2 fully saturated rings. The molecule has 0 saturated carbocycles. The van der Waals surface area contributed by atoms with E-state index in [1.54, 1.807) is 7.11 Å². The molecule has 1 aromatic rings. The van der Waals surface area contributed by atoms with Crippen LogP contribution in [0, 0.1) is 5.92 Å². The number of esters is 2. The van der Waals surface area contributed by atoms with E-state index in [2.05, 4.69) is 37.0 Å². The molecule has 1 aromatic carbocycles. The number of hydrogen-bond donors (Lipinski definition) is 0. The van der Waals surface area contributed by atoms with Crippen molar-refractivity contribution in [3.63, 3.8) is 0 Å². The van der Waals surface area contributed by atoms with Crippen molar-refractivity contribution >= 4 is 11.9 Å². The van der Waals surface area contributed by atoms with Crippen LogP contribution in [0.15, 0.2) is 24.0 Å². The largest absolute Gasteiger partial charge is 0.497 e. The number of rotatable bonds is 6. The van der Waals surface area contributed by atoms with Gasteiger partial charge in [-0.05, 0) is 73.9 Å². The Bertz CT molecular complexity index is 1090. The Kier molecular flexibility index (Phi) is 5.29. The van der Waals surface area contributed by atoms with Gasteiger partial charge >= 0.3 is 11.9 Å². The third-order valence-corrected chi connectivity index (χ3v) is 8.43. The molecule has 0 aromatic heterocycles. The molecule has 4 atom stereocenters. The van der Waals surface area contributed by atoms with Crippen LogP contribution in [-0.2, 0) is 30.2 Å². The predicted octanol–water partition coefficient (Wildman–Crippen LogP) is 3.47. The summed E-state index contributed by atoms with van der Waals surface area (Å²) >= 11 is 0. The van der Waals surface area contributed by atoms with Gasteiger partial charge in [-0.3, -0.25) is 9.69 Å². The maximum Gasteiger partial charge on any atom is 0.351 e. The minimum Gasteiger partial charge on any atom is -0.497 e. The van der Waals surface area contributed by atoms with Gasteiger partial charge in [0.05, 0.1) is 25.0 Å². The topological polar surface area (TPSA) is 83.5 Å². The first-order chi connectivity index (χ1) is 16.8. The molecule has 188 valence electrons. The number of ether oxygens (including phenoxy) is 5. The van der Waals surface area contributed by atoms with E-state index in [0.717, 1.165) is 55.8 Å². The second-order valence-corrected chi connectivity index (χ2v) is 10.9. The zero-order valence-electron chi connectivity index (χ0n) is 20.6. The van der Waals surface area contributed by atoms with Crippen LogP contribution in [0.1, 0.15) is 63.0 Å². The number of nitrogens with zero attached hydrogens (tertiary/aromatic N) is 1. The molecular formula is C27H33NO7. The zero-order chi connectivity index (χ0) is 24.4. The van der Waals surface area contributed by atoms with E-state index in [9.17, 15) is 9.59 Å². The summed E-state index contributed by atoms with van der Waals surface area (Å²) in [6.45, 7) is 6.29. The van der Waals surface area contributed by atoms with Gasteiger partial charge in [0.15, 0.2) is 17.6 Å². The summed E-state index contributed by atoms with van der Waals surface area (Å²) in [5.74, 6) is 1.56. The van der Waals surface area contributed by atoms with Crippen LogP contribution in [0.4, 0.5) is 0 Å². The van der Waals surface area contributed by atoms with Gasteiger partial charge in [0.1, 0.15) is 5.76 Å². The molecule has 0 radical (unpaired) electrons. The van der Waals surface area contributed by atoms with E-state index in [-0.39, 0.29) is 30.6 Å². The van der Waals surface area contributed by atoms with Crippen molar-refractivity contribution in [2.75, 3.05) is 27.0 Å². The molecule has 3 unspecified atom stereocenters. The second-order valence-electron chi connectivity index (χ2n) is 10.9. The molecule has 0 N–H and O–H groups in total. The molecule has 6 rings (SSSR count). The van der Waals surface area contributed by atoms with Crippen molar-refractivity contribution in [2.24, 2.45) is 5.92 Å². The van der Waals surface area contributed by atoms with Crippen LogP contribution < -0.4 is 9.47 Å². The van der Waals surface area contributed by atoms with E-state index in [1.165, 1.54) is 5.56 Å². The number of hydrogen-bond acceptors (Lipinski definition) is 8. The second kappa shape index (κ2) is 8.15. The molecule has 8 nitrogen and oxygen atoms in total. The SMILES string of the molecule is COC1=CC23CCCN2CCc2cc4c(cc2C3C1OC(=O)[C@]1(CCC(C)C)CC(=O)O1)OCO4. The van der Waals surface area contributed by atoms with Gasteiger partial charge in [-0.1, -0.05) is 13.8 Å². The van der Waals surface area contributed by atoms with Crippen molar-refractivity contribution in [1.82, 2.24) is 4.90 Å². The first-order valence-electron chi connectivity index (χ1n) is 12.7. The van der Waals surface area contributed by atoms with E-state index in [1.807, 2.05) is 0 Å². The van der Waals surface area contributed by atoms with E-state index in [4.69, 9.17) is 23.7 Å². The van der Waals surface area contributed by atoms with Crippen LogP contribution in [0.25, 0.3) is 0 Å². The molecule has 1 aliphatic carbocycles. The Morgan fingerprint density at radius 1 is 1.23 bits per heavy atom. The highest BCUT2D eigenvalue weighted by molar-refractivity contribution is 5.93. The number of carbonyl (C=O) groups is 2. The molecular weight excluding hydrogens is 450 g/mol. The van der Waals surface area contributed by atoms with Crippen LogP contribution in [0.3, 0.4) is 0 Å². The summed E-state index contributed by atoms with van der Waals surface area (Å²) in [7, 11) is 1.63. The van der Waals surface area contributed by atoms with E-state index in [0.29, 0.717) is 18.1 Å². The maximum absolute atomic E-state index is 13.6. The molecule has 5 aliphatic rings. The number of cyclic esters (lactones) is 1. The third kappa shape index (κ3) is 3.44. The van der Waals surface area contributed by atoms with Crippen molar-refractivity contribution in [2.45, 2.75) is 75.5 Å². The van der Waals surface area contributed by atoms with E-state index >= 15 is 0 Å². The number of carbonyl (C=O) groups excluding carboxylic acids is 2. The Labute approximate surface area is 205 Å². The normalized spacial score (nSPS) is 32.7. The summed E-state index contributed by atoms with van der Waals surface area (Å²) < 4.78 is 29.0. The fraction of sp³-hybridized carbons (Fsp3) is 0.630. The third-order valence-electron chi connectivity index (χ3n) is 8.43. The number of fused-ring (bicyclic) bond motifs is 3. The average Bonchev–Trinajstić information content (AvgIpc) is 3.49. The predicted molar refractivity (Wildman–Crippen MR) is 125 cm³/mol. The highest BCUT2D eigenvalue weighted by Crippen LogP contribution is 2.56. The molecule has 1 spiro atoms. The van der Waals surface area contributed by atoms with Crippen molar-refractivity contribution in [3.8, 4) is 11.5 Å². The monoisotopic (exact) mass is 483 g/mol. The lowest BCUT2D eigenvalue weighted by Gasteiger charge is -2.42. The molecule has 4 heterocycles. The summed E-state index contributed by atoms with van der Waals surface area (Å²) in [5, 5.41) is 0. The Morgan fingerprint density at radius 3 is 2.71 bits per heavy atom. The zero-order valence-corrected chi connectivity index (χ0v) is 20.6. The van der Waals surface area contributed by atoms with Crippen molar-refractivity contribution in [3.05, 3.63) is 35.1 Å². The number of methoxy groups -OCH3 is 1. The quantitative estimate of drug-likeness (QED) is 0.569.